The van der Waals surface area contributed by atoms with Crippen molar-refractivity contribution >= 4 is 27.5 Å². The fraction of sp³-hybridized carbons (Fsp3) is 0.417. The van der Waals surface area contributed by atoms with Crippen molar-refractivity contribution in [2.24, 2.45) is 0 Å². The Kier molecular flexibility index (Phi) is 4.03. The summed E-state index contributed by atoms with van der Waals surface area (Å²) in [5.41, 5.74) is 0.597. The molecule has 0 saturated carbocycles. The van der Waals surface area contributed by atoms with E-state index in [-0.39, 0.29) is 22.8 Å². The number of nitro benzene ring substituents is 1. The van der Waals surface area contributed by atoms with Gasteiger partial charge in [-0.1, -0.05) is 0 Å². The Hall–Kier alpha value is -1.96. The smallest absolute Gasteiger partial charge is 0.270 e. The zero-order valence-corrected chi connectivity index (χ0v) is 11.5. The summed E-state index contributed by atoms with van der Waals surface area (Å²) >= 11 is 0. The Balaban J connectivity index is 2.32. The van der Waals surface area contributed by atoms with Gasteiger partial charge < -0.3 is 4.90 Å². The maximum atomic E-state index is 11.6. The van der Waals surface area contributed by atoms with Crippen LogP contribution in [0.3, 0.4) is 0 Å². The number of nitrogens with zero attached hydrogens (tertiary/aromatic N) is 2. The van der Waals surface area contributed by atoms with Crippen molar-refractivity contribution in [3.8, 4) is 0 Å². The first-order chi connectivity index (χ1) is 9.43. The van der Waals surface area contributed by atoms with Gasteiger partial charge in [0, 0.05) is 36.5 Å². The second kappa shape index (κ2) is 5.58. The molecule has 1 aromatic rings. The van der Waals surface area contributed by atoms with E-state index in [1.54, 1.807) is 4.90 Å². The lowest BCUT2D eigenvalue weighted by atomic mass is 10.1. The molecule has 0 bridgehead atoms. The number of aldehydes is 1. The van der Waals surface area contributed by atoms with Gasteiger partial charge in [0.2, 0.25) is 0 Å². The lowest BCUT2D eigenvalue weighted by Gasteiger charge is -2.23. The Morgan fingerprint density at radius 3 is 2.65 bits per heavy atom. The molecule has 0 atom stereocenters. The van der Waals surface area contributed by atoms with E-state index in [0.717, 1.165) is 0 Å². The quantitative estimate of drug-likeness (QED) is 0.469. The molecule has 1 fully saturated rings. The molecule has 0 spiro atoms. The number of rotatable bonds is 3. The highest BCUT2D eigenvalue weighted by Gasteiger charge is 2.21. The standard InChI is InChI=1S/C12H14N2O5S/c15-9-10-8-11(14(16)17)2-3-12(10)13-4-1-6-20(18,19)7-5-13/h2-3,8-9H,1,4-7H2. The van der Waals surface area contributed by atoms with E-state index in [9.17, 15) is 23.3 Å². The Labute approximate surface area is 116 Å². The van der Waals surface area contributed by atoms with E-state index < -0.39 is 14.8 Å². The number of hydrogen-bond donors (Lipinski definition) is 0. The minimum Gasteiger partial charge on any atom is -0.370 e. The Morgan fingerprint density at radius 1 is 1.25 bits per heavy atom. The number of anilines is 1. The molecule has 1 aromatic carbocycles. The van der Waals surface area contributed by atoms with Crippen LogP contribution < -0.4 is 4.90 Å². The van der Waals surface area contributed by atoms with E-state index in [0.29, 0.717) is 31.5 Å². The molecule has 1 heterocycles. The van der Waals surface area contributed by atoms with Gasteiger partial charge in [-0.25, -0.2) is 8.42 Å². The largest absolute Gasteiger partial charge is 0.370 e. The molecule has 7 nitrogen and oxygen atoms in total. The zero-order chi connectivity index (χ0) is 14.8. The molecule has 1 saturated heterocycles. The summed E-state index contributed by atoms with van der Waals surface area (Å²) < 4.78 is 23.1. The molecule has 0 aliphatic carbocycles. The number of benzene rings is 1. The van der Waals surface area contributed by atoms with Crippen LogP contribution in [0.15, 0.2) is 18.2 Å². The van der Waals surface area contributed by atoms with E-state index in [1.165, 1.54) is 18.2 Å². The summed E-state index contributed by atoms with van der Waals surface area (Å²) in [4.78, 5) is 23.0. The molecule has 108 valence electrons. The number of sulfone groups is 1. The first kappa shape index (κ1) is 14.4. The van der Waals surface area contributed by atoms with Crippen LogP contribution in [0.4, 0.5) is 11.4 Å². The highest BCUT2D eigenvalue weighted by molar-refractivity contribution is 7.91. The number of carbonyl (C=O) groups excluding carboxylic acids is 1. The second-order valence-corrected chi connectivity index (χ2v) is 6.91. The minimum atomic E-state index is -3.04. The monoisotopic (exact) mass is 298 g/mol. The minimum absolute atomic E-state index is 0.0300. The summed E-state index contributed by atoms with van der Waals surface area (Å²) in [7, 11) is -3.04. The van der Waals surface area contributed by atoms with Gasteiger partial charge in [-0.3, -0.25) is 14.9 Å². The van der Waals surface area contributed by atoms with E-state index in [4.69, 9.17) is 0 Å². The SMILES string of the molecule is O=Cc1cc([N+](=O)[O-])ccc1N1CCCS(=O)(=O)CC1. The molecule has 0 N–H and O–H groups in total. The van der Waals surface area contributed by atoms with E-state index in [1.807, 2.05) is 0 Å². The van der Waals surface area contributed by atoms with Gasteiger partial charge in [-0.2, -0.15) is 0 Å². The Morgan fingerprint density at radius 2 is 2.00 bits per heavy atom. The number of hydrogen-bond acceptors (Lipinski definition) is 6. The van der Waals surface area contributed by atoms with Crippen molar-refractivity contribution in [2.45, 2.75) is 6.42 Å². The van der Waals surface area contributed by atoms with Crippen LogP contribution >= 0.6 is 0 Å². The third-order valence-electron chi connectivity index (χ3n) is 3.25. The molecule has 2 rings (SSSR count). The van der Waals surface area contributed by atoms with Crippen molar-refractivity contribution in [1.82, 2.24) is 0 Å². The van der Waals surface area contributed by atoms with Gasteiger partial charge in [0.15, 0.2) is 16.1 Å². The van der Waals surface area contributed by atoms with Crippen LogP contribution in [-0.2, 0) is 9.84 Å². The summed E-state index contributed by atoms with van der Waals surface area (Å²) in [5.74, 6) is 0.162. The molecule has 0 radical (unpaired) electrons. The van der Waals surface area contributed by atoms with E-state index in [2.05, 4.69) is 0 Å². The summed E-state index contributed by atoms with van der Waals surface area (Å²) in [6.07, 6.45) is 1.04. The molecule has 0 aromatic heterocycles. The van der Waals surface area contributed by atoms with Crippen molar-refractivity contribution in [3.05, 3.63) is 33.9 Å². The third-order valence-corrected chi connectivity index (χ3v) is 4.96. The average Bonchev–Trinajstić information content (AvgIpc) is 2.59. The van der Waals surface area contributed by atoms with Crippen LogP contribution in [0.25, 0.3) is 0 Å². The van der Waals surface area contributed by atoms with Crippen LogP contribution in [0.2, 0.25) is 0 Å². The molecule has 0 unspecified atom stereocenters. The fourth-order valence-electron chi connectivity index (χ4n) is 2.22. The first-order valence-electron chi connectivity index (χ1n) is 6.12. The number of nitro groups is 1. The lowest BCUT2D eigenvalue weighted by molar-refractivity contribution is -0.384. The maximum absolute atomic E-state index is 11.6. The van der Waals surface area contributed by atoms with Gasteiger partial charge in [-0.05, 0) is 12.5 Å². The number of non-ortho nitro benzene ring substituents is 1. The van der Waals surface area contributed by atoms with E-state index >= 15 is 0 Å². The third kappa shape index (κ3) is 3.13. The van der Waals surface area contributed by atoms with Gasteiger partial charge in [0.25, 0.3) is 5.69 Å². The lowest BCUT2D eigenvalue weighted by Crippen LogP contribution is -2.27. The molecular weight excluding hydrogens is 284 g/mol. The van der Waals surface area contributed by atoms with Crippen LogP contribution in [0.5, 0.6) is 0 Å². The normalized spacial score (nSPS) is 18.3. The molecule has 8 heteroatoms. The Bertz CT molecular complexity index is 641. The van der Waals surface area contributed by atoms with Gasteiger partial charge in [0.05, 0.1) is 16.4 Å². The average molecular weight is 298 g/mol. The number of carbonyl (C=O) groups is 1. The molecule has 1 aliphatic heterocycles. The summed E-state index contributed by atoms with van der Waals surface area (Å²) in [6, 6.07) is 4.03. The predicted octanol–water partition coefficient (Wildman–Crippen LogP) is 1.03. The van der Waals surface area contributed by atoms with Crippen LogP contribution in [0, 0.1) is 10.1 Å². The van der Waals surface area contributed by atoms with Crippen molar-refractivity contribution < 1.29 is 18.1 Å². The summed E-state index contributed by atoms with van der Waals surface area (Å²) in [5, 5.41) is 10.7. The molecule has 20 heavy (non-hydrogen) atoms. The van der Waals surface area contributed by atoms with Crippen LogP contribution in [-0.4, -0.2) is 44.2 Å². The van der Waals surface area contributed by atoms with Crippen LogP contribution in [0.1, 0.15) is 16.8 Å². The highest BCUT2D eigenvalue weighted by atomic mass is 32.2. The molecular formula is C12H14N2O5S. The maximum Gasteiger partial charge on any atom is 0.270 e. The van der Waals surface area contributed by atoms with Gasteiger partial charge in [0.1, 0.15) is 0 Å². The predicted molar refractivity (Wildman–Crippen MR) is 74.0 cm³/mol. The van der Waals surface area contributed by atoms with Crippen molar-refractivity contribution in [1.29, 1.82) is 0 Å². The van der Waals surface area contributed by atoms with Gasteiger partial charge >= 0.3 is 0 Å². The molecule has 0 amide bonds. The fourth-order valence-corrected chi connectivity index (χ4v) is 3.49. The highest BCUT2D eigenvalue weighted by Crippen LogP contribution is 2.25. The van der Waals surface area contributed by atoms with Gasteiger partial charge in [-0.15, -0.1) is 0 Å². The van der Waals surface area contributed by atoms with Crippen molar-refractivity contribution in [2.75, 3.05) is 29.5 Å². The topological polar surface area (TPSA) is 97.6 Å². The second-order valence-electron chi connectivity index (χ2n) is 4.61. The van der Waals surface area contributed by atoms with Crippen molar-refractivity contribution in [3.63, 3.8) is 0 Å². The zero-order valence-electron chi connectivity index (χ0n) is 10.7. The molecule has 1 aliphatic rings. The first-order valence-corrected chi connectivity index (χ1v) is 7.94. The summed E-state index contributed by atoms with van der Waals surface area (Å²) in [6.45, 7) is 0.804.